The van der Waals surface area contributed by atoms with E-state index in [1.807, 2.05) is 78.0 Å². The number of carbonyl (C=O) groups excluding carboxylic acids is 1. The van der Waals surface area contributed by atoms with Gasteiger partial charge in [0.15, 0.2) is 5.65 Å². The van der Waals surface area contributed by atoms with Crippen molar-refractivity contribution in [3.63, 3.8) is 0 Å². The standard InChI is InChI=1S/C30H28N6O/c1-19-11-20(2)26(35-10-8-28-33-18-27(36(28)35)22-7-6-9-32-17-22)15-25(19)34-29(37)23-12-21(16-31)13-24(14-23)30(3,4)5/h6-15,17-18H,1-5H3,(H,34,37). The summed E-state index contributed by atoms with van der Waals surface area (Å²) in [5.41, 5.74) is 7.99. The van der Waals surface area contributed by atoms with E-state index in [1.165, 1.54) is 0 Å². The van der Waals surface area contributed by atoms with Crippen molar-refractivity contribution in [3.8, 4) is 23.0 Å². The summed E-state index contributed by atoms with van der Waals surface area (Å²) in [4.78, 5) is 22.2. The van der Waals surface area contributed by atoms with Gasteiger partial charge in [-0.15, -0.1) is 0 Å². The summed E-state index contributed by atoms with van der Waals surface area (Å²) in [7, 11) is 0. The molecule has 37 heavy (non-hydrogen) atoms. The van der Waals surface area contributed by atoms with Gasteiger partial charge in [0.25, 0.3) is 5.91 Å². The monoisotopic (exact) mass is 488 g/mol. The van der Waals surface area contributed by atoms with E-state index >= 15 is 0 Å². The second kappa shape index (κ2) is 9.07. The minimum absolute atomic E-state index is 0.189. The van der Waals surface area contributed by atoms with Crippen molar-refractivity contribution in [1.82, 2.24) is 19.2 Å². The predicted octanol–water partition coefficient (Wildman–Crippen LogP) is 6.23. The summed E-state index contributed by atoms with van der Waals surface area (Å²) in [6, 6.07) is 17.4. The number of hydrogen-bond acceptors (Lipinski definition) is 4. The molecule has 2 aromatic carbocycles. The van der Waals surface area contributed by atoms with E-state index in [0.717, 1.165) is 39.3 Å². The number of nitriles is 1. The SMILES string of the molecule is Cc1cc(C)c(-n2ccc3ncc(-c4cccnc4)n32)cc1NC(=O)c1cc(C#N)cc(C(C)(C)C)c1. The summed E-state index contributed by atoms with van der Waals surface area (Å²) >= 11 is 0. The molecular weight excluding hydrogens is 460 g/mol. The zero-order chi connectivity index (χ0) is 26.3. The molecule has 5 aromatic rings. The zero-order valence-electron chi connectivity index (χ0n) is 21.6. The molecular formula is C30H28N6O. The van der Waals surface area contributed by atoms with E-state index in [2.05, 4.69) is 48.2 Å². The molecule has 5 rings (SSSR count). The van der Waals surface area contributed by atoms with Gasteiger partial charge in [0.2, 0.25) is 0 Å². The maximum atomic E-state index is 13.4. The highest BCUT2D eigenvalue weighted by Gasteiger charge is 2.19. The Morgan fingerprint density at radius 2 is 1.84 bits per heavy atom. The van der Waals surface area contributed by atoms with Crippen LogP contribution in [0.4, 0.5) is 5.69 Å². The van der Waals surface area contributed by atoms with Crippen LogP contribution in [0.2, 0.25) is 0 Å². The van der Waals surface area contributed by atoms with E-state index in [-0.39, 0.29) is 11.3 Å². The Balaban J connectivity index is 1.56. The van der Waals surface area contributed by atoms with Crippen molar-refractivity contribution in [3.05, 3.63) is 101 Å². The highest BCUT2D eigenvalue weighted by Crippen LogP contribution is 2.29. The number of aromatic nitrogens is 4. The van der Waals surface area contributed by atoms with E-state index in [1.54, 1.807) is 12.3 Å². The number of pyridine rings is 1. The zero-order valence-corrected chi connectivity index (χ0v) is 21.6. The fraction of sp³-hybridized carbons (Fsp3) is 0.200. The fourth-order valence-corrected chi connectivity index (χ4v) is 4.48. The topological polar surface area (TPSA) is 88.0 Å². The largest absolute Gasteiger partial charge is 0.322 e. The van der Waals surface area contributed by atoms with Gasteiger partial charge in [-0.2, -0.15) is 5.26 Å². The molecule has 0 aliphatic heterocycles. The van der Waals surface area contributed by atoms with Crippen LogP contribution in [0.5, 0.6) is 0 Å². The number of imidazole rings is 1. The number of fused-ring (bicyclic) bond motifs is 1. The van der Waals surface area contributed by atoms with Crippen molar-refractivity contribution in [2.24, 2.45) is 0 Å². The van der Waals surface area contributed by atoms with Crippen LogP contribution in [0.25, 0.3) is 22.6 Å². The lowest BCUT2D eigenvalue weighted by atomic mass is 9.85. The van der Waals surface area contributed by atoms with Gasteiger partial charge in [-0.1, -0.05) is 26.8 Å². The van der Waals surface area contributed by atoms with Crippen LogP contribution in [0.15, 0.2) is 73.3 Å². The molecule has 0 aliphatic rings. The van der Waals surface area contributed by atoms with Gasteiger partial charge in [-0.3, -0.25) is 14.5 Å². The van der Waals surface area contributed by atoms with Crippen molar-refractivity contribution in [2.45, 2.75) is 40.0 Å². The lowest BCUT2D eigenvalue weighted by molar-refractivity contribution is 0.102. The highest BCUT2D eigenvalue weighted by atomic mass is 16.1. The average Bonchev–Trinajstić information content (AvgIpc) is 3.48. The molecule has 0 fully saturated rings. The molecule has 0 atom stereocenters. The molecule has 1 N–H and O–H groups in total. The van der Waals surface area contributed by atoms with E-state index in [0.29, 0.717) is 16.8 Å². The maximum Gasteiger partial charge on any atom is 0.255 e. The Morgan fingerprint density at radius 3 is 2.54 bits per heavy atom. The van der Waals surface area contributed by atoms with Crippen molar-refractivity contribution >= 4 is 17.2 Å². The number of hydrogen-bond donors (Lipinski definition) is 1. The number of nitrogens with one attached hydrogen (secondary N) is 1. The Hall–Kier alpha value is -4.70. The van der Waals surface area contributed by atoms with Gasteiger partial charge < -0.3 is 5.32 Å². The number of benzene rings is 2. The molecule has 0 radical (unpaired) electrons. The molecule has 0 saturated carbocycles. The lowest BCUT2D eigenvalue weighted by Gasteiger charge is -2.20. The van der Waals surface area contributed by atoms with Crippen LogP contribution in [0, 0.1) is 25.2 Å². The van der Waals surface area contributed by atoms with Crippen LogP contribution >= 0.6 is 0 Å². The minimum atomic E-state index is -0.253. The smallest absolute Gasteiger partial charge is 0.255 e. The number of amides is 1. The van der Waals surface area contributed by atoms with Gasteiger partial charge in [0.05, 0.1) is 29.2 Å². The second-order valence-corrected chi connectivity index (χ2v) is 10.3. The molecule has 0 saturated heterocycles. The first-order chi connectivity index (χ1) is 17.7. The molecule has 184 valence electrons. The van der Waals surface area contributed by atoms with Crippen molar-refractivity contribution < 1.29 is 4.79 Å². The normalized spacial score (nSPS) is 11.5. The lowest BCUT2D eigenvalue weighted by Crippen LogP contribution is -2.17. The molecule has 0 unspecified atom stereocenters. The van der Waals surface area contributed by atoms with Crippen molar-refractivity contribution in [2.75, 3.05) is 5.32 Å². The van der Waals surface area contributed by atoms with E-state index in [4.69, 9.17) is 0 Å². The third kappa shape index (κ3) is 4.50. The molecule has 3 aromatic heterocycles. The van der Waals surface area contributed by atoms with Crippen LogP contribution in [0.3, 0.4) is 0 Å². The summed E-state index contributed by atoms with van der Waals surface area (Å²) in [5, 5.41) is 12.6. The van der Waals surface area contributed by atoms with Gasteiger partial charge in [-0.05, 0) is 72.4 Å². The number of nitrogens with zero attached hydrogens (tertiary/aromatic N) is 5. The Morgan fingerprint density at radius 1 is 1.03 bits per heavy atom. The third-order valence-electron chi connectivity index (χ3n) is 6.53. The van der Waals surface area contributed by atoms with Gasteiger partial charge in [0, 0.05) is 41.5 Å². The summed E-state index contributed by atoms with van der Waals surface area (Å²) < 4.78 is 4.06. The molecule has 7 heteroatoms. The fourth-order valence-electron chi connectivity index (χ4n) is 4.48. The highest BCUT2D eigenvalue weighted by molar-refractivity contribution is 6.05. The summed E-state index contributed by atoms with van der Waals surface area (Å²) in [6.07, 6.45) is 7.37. The molecule has 0 bridgehead atoms. The van der Waals surface area contributed by atoms with Crippen LogP contribution in [-0.4, -0.2) is 25.1 Å². The van der Waals surface area contributed by atoms with E-state index < -0.39 is 0 Å². The second-order valence-electron chi connectivity index (χ2n) is 10.3. The van der Waals surface area contributed by atoms with Crippen LogP contribution in [0.1, 0.15) is 53.4 Å². The van der Waals surface area contributed by atoms with E-state index in [9.17, 15) is 10.1 Å². The van der Waals surface area contributed by atoms with Crippen LogP contribution in [-0.2, 0) is 5.41 Å². The average molecular weight is 489 g/mol. The summed E-state index contributed by atoms with van der Waals surface area (Å²) in [6.45, 7) is 10.2. The van der Waals surface area contributed by atoms with Gasteiger partial charge in [0.1, 0.15) is 0 Å². The Kier molecular flexibility index (Phi) is 5.88. The molecule has 1 amide bonds. The Labute approximate surface area is 216 Å². The minimum Gasteiger partial charge on any atom is -0.322 e. The number of anilines is 1. The first kappa shape index (κ1) is 24.0. The van der Waals surface area contributed by atoms with Gasteiger partial charge >= 0.3 is 0 Å². The first-order valence-corrected chi connectivity index (χ1v) is 12.1. The van der Waals surface area contributed by atoms with Crippen molar-refractivity contribution in [1.29, 1.82) is 5.26 Å². The number of rotatable bonds is 4. The number of aryl methyl sites for hydroxylation is 2. The molecule has 0 aliphatic carbocycles. The summed E-state index contributed by atoms with van der Waals surface area (Å²) in [5.74, 6) is -0.253. The van der Waals surface area contributed by atoms with Crippen LogP contribution < -0.4 is 5.32 Å². The molecule has 3 heterocycles. The molecule has 0 spiro atoms. The number of carbonyl (C=O) groups is 1. The maximum absolute atomic E-state index is 13.4. The van der Waals surface area contributed by atoms with Gasteiger partial charge in [-0.25, -0.2) is 9.50 Å². The quantitative estimate of drug-likeness (QED) is 0.325. The molecule has 7 nitrogen and oxygen atoms in total. The Bertz CT molecular complexity index is 1680. The third-order valence-corrected chi connectivity index (χ3v) is 6.53. The first-order valence-electron chi connectivity index (χ1n) is 12.1. The predicted molar refractivity (Wildman–Crippen MR) is 145 cm³/mol.